The molecule has 0 saturated heterocycles. The zero-order valence-electron chi connectivity index (χ0n) is 11.3. The summed E-state index contributed by atoms with van der Waals surface area (Å²) in [5, 5.41) is 0. The van der Waals surface area contributed by atoms with Gasteiger partial charge in [-0.05, 0) is 46.6 Å². The second-order valence-corrected chi connectivity index (χ2v) is 5.58. The number of carbonyl (C=O) groups excluding carboxylic acids is 1. The third-order valence-corrected chi connectivity index (χ3v) is 3.80. The van der Waals surface area contributed by atoms with Crippen LogP contribution in [0.2, 0.25) is 0 Å². The molecule has 0 fully saturated rings. The Bertz CT molecular complexity index is 761. The third-order valence-electron chi connectivity index (χ3n) is 3.11. The van der Waals surface area contributed by atoms with Crippen molar-refractivity contribution in [2.75, 3.05) is 0 Å². The Hall–Kier alpha value is -2.20. The van der Waals surface area contributed by atoms with Crippen molar-refractivity contribution >= 4 is 33.9 Å². The van der Waals surface area contributed by atoms with Crippen LogP contribution in [0.5, 0.6) is 0 Å². The second kappa shape index (κ2) is 5.66. The van der Waals surface area contributed by atoms with Crippen molar-refractivity contribution < 1.29 is 9.53 Å². The number of aryl methyl sites for hydroxylation is 1. The molecule has 1 heterocycles. The van der Waals surface area contributed by atoms with Crippen LogP contribution in [0.15, 0.2) is 63.7 Å². The van der Waals surface area contributed by atoms with Gasteiger partial charge in [0.15, 0.2) is 5.70 Å². The minimum atomic E-state index is -0.429. The highest BCUT2D eigenvalue weighted by atomic mass is 79.9. The third kappa shape index (κ3) is 2.95. The van der Waals surface area contributed by atoms with Crippen molar-refractivity contribution in [3.05, 3.63) is 75.4 Å². The average molecular weight is 342 g/mol. The van der Waals surface area contributed by atoms with Crippen molar-refractivity contribution in [3.63, 3.8) is 0 Å². The van der Waals surface area contributed by atoms with Gasteiger partial charge < -0.3 is 4.74 Å². The summed E-state index contributed by atoms with van der Waals surface area (Å²) in [6.45, 7) is 2.02. The van der Waals surface area contributed by atoms with Gasteiger partial charge in [-0.15, -0.1) is 0 Å². The molecule has 0 atom stereocenters. The minimum absolute atomic E-state index is 0.310. The fraction of sp³-hybridized carbons (Fsp3) is 0.0588. The van der Waals surface area contributed by atoms with Crippen molar-refractivity contribution in [2.45, 2.75) is 6.92 Å². The molecule has 2 aromatic rings. The first-order valence-electron chi connectivity index (χ1n) is 6.47. The number of halogens is 1. The molecule has 3 nitrogen and oxygen atoms in total. The number of benzene rings is 2. The highest BCUT2D eigenvalue weighted by Crippen LogP contribution is 2.23. The molecule has 3 rings (SSSR count). The van der Waals surface area contributed by atoms with E-state index in [1.165, 1.54) is 5.56 Å². The Morgan fingerprint density at radius 2 is 1.81 bits per heavy atom. The zero-order chi connectivity index (χ0) is 14.8. The van der Waals surface area contributed by atoms with Crippen molar-refractivity contribution in [3.8, 4) is 0 Å². The predicted molar refractivity (Wildman–Crippen MR) is 85.9 cm³/mol. The van der Waals surface area contributed by atoms with E-state index >= 15 is 0 Å². The van der Waals surface area contributed by atoms with Crippen molar-refractivity contribution in [1.29, 1.82) is 0 Å². The number of ether oxygens (including phenoxy) is 1. The van der Waals surface area contributed by atoms with Crippen LogP contribution < -0.4 is 0 Å². The average Bonchev–Trinajstić information content (AvgIpc) is 2.83. The SMILES string of the molecule is Cc1ccc(C=C2N=C(c3ccccc3Br)OC2=O)cc1. The molecule has 0 amide bonds. The van der Waals surface area contributed by atoms with Crippen LogP contribution in [0.3, 0.4) is 0 Å². The predicted octanol–water partition coefficient (Wildman–Crippen LogP) is 4.10. The molecule has 4 heteroatoms. The van der Waals surface area contributed by atoms with Gasteiger partial charge in [-0.25, -0.2) is 9.79 Å². The van der Waals surface area contributed by atoms with Crippen LogP contribution in [0.1, 0.15) is 16.7 Å². The number of esters is 1. The first-order valence-corrected chi connectivity index (χ1v) is 7.27. The number of cyclic esters (lactones) is 1. The van der Waals surface area contributed by atoms with Gasteiger partial charge in [0.25, 0.3) is 0 Å². The van der Waals surface area contributed by atoms with Gasteiger partial charge in [-0.3, -0.25) is 0 Å². The Labute approximate surface area is 131 Å². The van der Waals surface area contributed by atoms with Gasteiger partial charge in [-0.1, -0.05) is 42.0 Å². The summed E-state index contributed by atoms with van der Waals surface area (Å²) in [5.41, 5.74) is 3.16. The Morgan fingerprint density at radius 3 is 2.52 bits per heavy atom. The summed E-state index contributed by atoms with van der Waals surface area (Å²) in [5.74, 6) is -0.104. The molecule has 21 heavy (non-hydrogen) atoms. The summed E-state index contributed by atoms with van der Waals surface area (Å²) in [4.78, 5) is 16.2. The van der Waals surface area contributed by atoms with E-state index in [0.29, 0.717) is 11.6 Å². The summed E-state index contributed by atoms with van der Waals surface area (Å²) in [6, 6.07) is 15.4. The molecule has 0 spiro atoms. The monoisotopic (exact) mass is 341 g/mol. The van der Waals surface area contributed by atoms with E-state index < -0.39 is 5.97 Å². The maximum absolute atomic E-state index is 11.9. The lowest BCUT2D eigenvalue weighted by Crippen LogP contribution is -2.05. The van der Waals surface area contributed by atoms with Crippen LogP contribution in [-0.4, -0.2) is 11.9 Å². The van der Waals surface area contributed by atoms with Gasteiger partial charge in [0, 0.05) is 4.47 Å². The Balaban J connectivity index is 1.96. The van der Waals surface area contributed by atoms with Crippen molar-refractivity contribution in [2.24, 2.45) is 4.99 Å². The Kier molecular flexibility index (Phi) is 3.71. The normalized spacial score (nSPS) is 16.0. The van der Waals surface area contributed by atoms with Gasteiger partial charge in [0.05, 0.1) is 5.56 Å². The van der Waals surface area contributed by atoms with E-state index in [0.717, 1.165) is 15.6 Å². The van der Waals surface area contributed by atoms with Crippen LogP contribution in [0, 0.1) is 6.92 Å². The number of nitrogens with zero attached hydrogens (tertiary/aromatic N) is 1. The van der Waals surface area contributed by atoms with Crippen LogP contribution in [-0.2, 0) is 9.53 Å². The molecule has 0 N–H and O–H groups in total. The molecule has 0 saturated carbocycles. The lowest BCUT2D eigenvalue weighted by atomic mass is 10.1. The lowest BCUT2D eigenvalue weighted by Gasteiger charge is -2.01. The van der Waals surface area contributed by atoms with E-state index in [-0.39, 0.29) is 0 Å². The van der Waals surface area contributed by atoms with E-state index in [2.05, 4.69) is 20.9 Å². The molecule has 0 radical (unpaired) electrons. The number of rotatable bonds is 2. The van der Waals surface area contributed by atoms with Gasteiger partial charge >= 0.3 is 5.97 Å². The molecular formula is C17H12BrNO2. The van der Waals surface area contributed by atoms with Crippen molar-refractivity contribution in [1.82, 2.24) is 0 Å². The van der Waals surface area contributed by atoms with E-state index in [1.807, 2.05) is 55.5 Å². The highest BCUT2D eigenvalue weighted by Gasteiger charge is 2.25. The molecule has 0 unspecified atom stereocenters. The standard InChI is InChI=1S/C17H12BrNO2/c1-11-6-8-12(9-7-11)10-15-17(20)21-16(19-15)13-4-2-3-5-14(13)18/h2-10H,1H3. The molecule has 0 aromatic heterocycles. The minimum Gasteiger partial charge on any atom is -0.402 e. The maximum atomic E-state index is 11.9. The molecule has 0 bridgehead atoms. The van der Waals surface area contributed by atoms with Gasteiger partial charge in [0.1, 0.15) is 0 Å². The van der Waals surface area contributed by atoms with E-state index in [9.17, 15) is 4.79 Å². The molecule has 1 aliphatic rings. The summed E-state index contributed by atoms with van der Waals surface area (Å²) >= 11 is 3.43. The zero-order valence-corrected chi connectivity index (χ0v) is 12.9. The van der Waals surface area contributed by atoms with Crippen LogP contribution in [0.25, 0.3) is 6.08 Å². The van der Waals surface area contributed by atoms with Gasteiger partial charge in [-0.2, -0.15) is 0 Å². The summed E-state index contributed by atoms with van der Waals surface area (Å²) < 4.78 is 6.09. The van der Waals surface area contributed by atoms with Crippen LogP contribution >= 0.6 is 15.9 Å². The number of carbonyl (C=O) groups is 1. The topological polar surface area (TPSA) is 38.7 Å². The Morgan fingerprint density at radius 1 is 1.10 bits per heavy atom. The fourth-order valence-corrected chi connectivity index (χ4v) is 2.43. The molecule has 0 aliphatic carbocycles. The first kappa shape index (κ1) is 13.8. The number of hydrogen-bond donors (Lipinski definition) is 0. The smallest absolute Gasteiger partial charge is 0.363 e. The molecule has 1 aliphatic heterocycles. The number of aliphatic imine (C=N–C) groups is 1. The highest BCUT2D eigenvalue weighted by molar-refractivity contribution is 9.10. The quantitative estimate of drug-likeness (QED) is 0.609. The molecule has 2 aromatic carbocycles. The summed E-state index contributed by atoms with van der Waals surface area (Å²) in [6.07, 6.45) is 1.73. The lowest BCUT2D eigenvalue weighted by molar-refractivity contribution is -0.129. The van der Waals surface area contributed by atoms with Gasteiger partial charge in [0.2, 0.25) is 5.90 Å². The molecular weight excluding hydrogens is 330 g/mol. The second-order valence-electron chi connectivity index (χ2n) is 4.73. The van der Waals surface area contributed by atoms with E-state index in [4.69, 9.17) is 4.74 Å². The summed E-state index contributed by atoms with van der Waals surface area (Å²) in [7, 11) is 0. The fourth-order valence-electron chi connectivity index (χ4n) is 1.98. The first-order chi connectivity index (χ1) is 10.1. The largest absolute Gasteiger partial charge is 0.402 e. The maximum Gasteiger partial charge on any atom is 0.363 e. The molecule has 104 valence electrons. The van der Waals surface area contributed by atoms with Crippen LogP contribution in [0.4, 0.5) is 0 Å². The number of hydrogen-bond acceptors (Lipinski definition) is 3. The van der Waals surface area contributed by atoms with E-state index in [1.54, 1.807) is 6.08 Å².